The lowest BCUT2D eigenvalue weighted by atomic mass is 10.4. The number of aromatic nitrogens is 1. The molecular weight excluding hydrogens is 236 g/mol. The molecule has 0 aromatic carbocycles. The van der Waals surface area contributed by atoms with E-state index in [0.29, 0.717) is 31.3 Å². The molecule has 0 aliphatic rings. The predicted octanol–water partition coefficient (Wildman–Crippen LogP) is 1.44. The first-order valence-corrected chi connectivity index (χ1v) is 5.99. The highest BCUT2D eigenvalue weighted by Gasteiger charge is 2.07. The van der Waals surface area contributed by atoms with E-state index in [9.17, 15) is 4.79 Å². The predicted molar refractivity (Wildman–Crippen MR) is 60.7 cm³/mol. The Morgan fingerprint density at radius 2 is 2.47 bits per heavy atom. The molecule has 0 atom stereocenters. The standard InChI is InChI=1S/C9H13ClN2O2S/c1-7-12-8(6-15-7)9(13)11-3-5-14-4-2-10/h6H,2-5H2,1H3,(H,11,13). The number of aryl methyl sites for hydroxylation is 1. The van der Waals surface area contributed by atoms with Gasteiger partial charge in [-0.1, -0.05) is 0 Å². The van der Waals surface area contributed by atoms with Gasteiger partial charge in [-0.05, 0) is 6.92 Å². The van der Waals surface area contributed by atoms with E-state index in [2.05, 4.69) is 10.3 Å². The van der Waals surface area contributed by atoms with Gasteiger partial charge in [-0.15, -0.1) is 22.9 Å². The Kier molecular flexibility index (Phi) is 5.60. The van der Waals surface area contributed by atoms with Crippen LogP contribution < -0.4 is 5.32 Å². The van der Waals surface area contributed by atoms with Crippen LogP contribution in [0.2, 0.25) is 0 Å². The molecular formula is C9H13ClN2O2S. The van der Waals surface area contributed by atoms with Crippen LogP contribution in [0.3, 0.4) is 0 Å². The van der Waals surface area contributed by atoms with Crippen molar-refractivity contribution >= 4 is 28.8 Å². The summed E-state index contributed by atoms with van der Waals surface area (Å²) in [6.07, 6.45) is 0. The quantitative estimate of drug-likeness (QED) is 0.612. The summed E-state index contributed by atoms with van der Waals surface area (Å²) in [6.45, 7) is 3.33. The first-order chi connectivity index (χ1) is 7.24. The van der Waals surface area contributed by atoms with Crippen LogP contribution >= 0.6 is 22.9 Å². The first-order valence-electron chi connectivity index (χ1n) is 4.58. The molecule has 0 saturated heterocycles. The molecule has 4 nitrogen and oxygen atoms in total. The highest BCUT2D eigenvalue weighted by atomic mass is 35.5. The Balaban J connectivity index is 2.19. The van der Waals surface area contributed by atoms with Gasteiger partial charge in [0.05, 0.1) is 18.2 Å². The van der Waals surface area contributed by atoms with Crippen LogP contribution in [0.5, 0.6) is 0 Å². The number of rotatable bonds is 6. The van der Waals surface area contributed by atoms with Crippen molar-refractivity contribution in [3.05, 3.63) is 16.1 Å². The van der Waals surface area contributed by atoms with E-state index < -0.39 is 0 Å². The van der Waals surface area contributed by atoms with E-state index in [4.69, 9.17) is 16.3 Å². The number of ether oxygens (including phenoxy) is 1. The molecule has 1 aromatic rings. The molecule has 15 heavy (non-hydrogen) atoms. The summed E-state index contributed by atoms with van der Waals surface area (Å²) >= 11 is 6.88. The summed E-state index contributed by atoms with van der Waals surface area (Å²) < 4.78 is 5.11. The Morgan fingerprint density at radius 1 is 1.67 bits per heavy atom. The van der Waals surface area contributed by atoms with Crippen molar-refractivity contribution in [2.75, 3.05) is 25.6 Å². The second-order valence-corrected chi connectivity index (χ2v) is 4.25. The highest BCUT2D eigenvalue weighted by molar-refractivity contribution is 7.09. The van der Waals surface area contributed by atoms with Gasteiger partial charge >= 0.3 is 0 Å². The highest BCUT2D eigenvalue weighted by Crippen LogP contribution is 2.07. The number of carbonyl (C=O) groups is 1. The summed E-state index contributed by atoms with van der Waals surface area (Å²) in [5.74, 6) is 0.313. The Bertz CT molecular complexity index is 317. The third-order valence-corrected chi connectivity index (χ3v) is 2.53. The van der Waals surface area contributed by atoms with Crippen molar-refractivity contribution in [3.63, 3.8) is 0 Å². The van der Waals surface area contributed by atoms with Crippen molar-refractivity contribution in [2.45, 2.75) is 6.92 Å². The number of carbonyl (C=O) groups excluding carboxylic acids is 1. The zero-order chi connectivity index (χ0) is 11.1. The maximum Gasteiger partial charge on any atom is 0.270 e. The average Bonchev–Trinajstić information content (AvgIpc) is 2.64. The number of thiazole rings is 1. The van der Waals surface area contributed by atoms with Crippen LogP contribution in [0.4, 0.5) is 0 Å². The second-order valence-electron chi connectivity index (χ2n) is 2.81. The van der Waals surface area contributed by atoms with Crippen molar-refractivity contribution in [2.24, 2.45) is 0 Å². The summed E-state index contributed by atoms with van der Waals surface area (Å²) in [4.78, 5) is 15.5. The molecule has 0 bridgehead atoms. The normalized spacial score (nSPS) is 10.3. The van der Waals surface area contributed by atoms with Gasteiger partial charge < -0.3 is 10.1 Å². The van der Waals surface area contributed by atoms with Crippen molar-refractivity contribution < 1.29 is 9.53 Å². The molecule has 0 radical (unpaired) electrons. The lowest BCUT2D eigenvalue weighted by Gasteiger charge is -2.03. The molecule has 0 spiro atoms. The molecule has 1 heterocycles. The number of hydrogen-bond donors (Lipinski definition) is 1. The molecule has 0 fully saturated rings. The molecule has 1 rings (SSSR count). The fourth-order valence-corrected chi connectivity index (χ4v) is 1.65. The molecule has 84 valence electrons. The number of amides is 1. The van der Waals surface area contributed by atoms with Crippen molar-refractivity contribution in [1.29, 1.82) is 0 Å². The van der Waals surface area contributed by atoms with Crippen LogP contribution in [0.15, 0.2) is 5.38 Å². The van der Waals surface area contributed by atoms with Gasteiger partial charge in [0.25, 0.3) is 5.91 Å². The maximum atomic E-state index is 11.4. The number of nitrogens with zero attached hydrogens (tertiary/aromatic N) is 1. The minimum absolute atomic E-state index is 0.158. The topological polar surface area (TPSA) is 51.2 Å². The van der Waals surface area contributed by atoms with Crippen LogP contribution in [0.25, 0.3) is 0 Å². The first kappa shape index (κ1) is 12.4. The fourth-order valence-electron chi connectivity index (χ4n) is 0.952. The van der Waals surface area contributed by atoms with Crippen LogP contribution in [-0.2, 0) is 4.74 Å². The summed E-state index contributed by atoms with van der Waals surface area (Å²) in [7, 11) is 0. The monoisotopic (exact) mass is 248 g/mol. The molecule has 0 unspecified atom stereocenters. The van der Waals surface area contributed by atoms with Gasteiger partial charge in [0.15, 0.2) is 0 Å². The molecule has 0 saturated carbocycles. The third-order valence-electron chi connectivity index (χ3n) is 1.61. The molecule has 1 aromatic heterocycles. The zero-order valence-corrected chi connectivity index (χ0v) is 10.0. The zero-order valence-electron chi connectivity index (χ0n) is 8.46. The summed E-state index contributed by atoms with van der Waals surface area (Å²) in [6, 6.07) is 0. The van der Waals surface area contributed by atoms with Crippen LogP contribution in [0.1, 0.15) is 15.5 Å². The Labute approximate surface area is 97.6 Å². The van der Waals surface area contributed by atoms with E-state index in [1.54, 1.807) is 5.38 Å². The lowest BCUT2D eigenvalue weighted by molar-refractivity contribution is 0.0919. The number of alkyl halides is 1. The van der Waals surface area contributed by atoms with E-state index in [-0.39, 0.29) is 5.91 Å². The van der Waals surface area contributed by atoms with Gasteiger partial charge in [-0.25, -0.2) is 4.98 Å². The molecule has 0 aliphatic heterocycles. The fraction of sp³-hybridized carbons (Fsp3) is 0.556. The van der Waals surface area contributed by atoms with Gasteiger partial charge in [-0.3, -0.25) is 4.79 Å². The molecule has 0 aliphatic carbocycles. The molecule has 1 amide bonds. The molecule has 1 N–H and O–H groups in total. The lowest BCUT2D eigenvalue weighted by Crippen LogP contribution is -2.27. The van der Waals surface area contributed by atoms with Gasteiger partial charge in [0.1, 0.15) is 5.69 Å². The van der Waals surface area contributed by atoms with Crippen molar-refractivity contribution in [3.8, 4) is 0 Å². The van der Waals surface area contributed by atoms with E-state index in [1.807, 2.05) is 6.92 Å². The smallest absolute Gasteiger partial charge is 0.270 e. The van der Waals surface area contributed by atoms with E-state index >= 15 is 0 Å². The number of nitrogens with one attached hydrogen (secondary N) is 1. The Hall–Kier alpha value is -0.650. The largest absolute Gasteiger partial charge is 0.378 e. The minimum atomic E-state index is -0.158. The van der Waals surface area contributed by atoms with Crippen molar-refractivity contribution in [1.82, 2.24) is 10.3 Å². The van der Waals surface area contributed by atoms with Gasteiger partial charge in [0.2, 0.25) is 0 Å². The number of halogens is 1. The summed E-state index contributed by atoms with van der Waals surface area (Å²) in [5.41, 5.74) is 0.467. The van der Waals surface area contributed by atoms with Gasteiger partial charge in [0, 0.05) is 17.8 Å². The minimum Gasteiger partial charge on any atom is -0.378 e. The Morgan fingerprint density at radius 3 is 3.07 bits per heavy atom. The number of hydrogen-bond acceptors (Lipinski definition) is 4. The third kappa shape index (κ3) is 4.59. The van der Waals surface area contributed by atoms with Gasteiger partial charge in [-0.2, -0.15) is 0 Å². The van der Waals surface area contributed by atoms with E-state index in [0.717, 1.165) is 5.01 Å². The SMILES string of the molecule is Cc1nc(C(=O)NCCOCCCl)cs1. The molecule has 6 heteroatoms. The van der Waals surface area contributed by atoms with Crippen LogP contribution in [-0.4, -0.2) is 36.5 Å². The average molecular weight is 249 g/mol. The maximum absolute atomic E-state index is 11.4. The van der Waals surface area contributed by atoms with Crippen LogP contribution in [0, 0.1) is 6.92 Å². The second kappa shape index (κ2) is 6.76. The summed E-state index contributed by atoms with van der Waals surface area (Å²) in [5, 5.41) is 5.34. The van der Waals surface area contributed by atoms with E-state index in [1.165, 1.54) is 11.3 Å².